The van der Waals surface area contributed by atoms with Gasteiger partial charge in [0.25, 0.3) is 5.91 Å². The van der Waals surface area contributed by atoms with Crippen molar-refractivity contribution in [2.75, 3.05) is 36.5 Å². The number of piperidine rings is 1. The first-order chi connectivity index (χ1) is 12.7. The van der Waals surface area contributed by atoms with Crippen molar-refractivity contribution in [1.29, 1.82) is 0 Å². The van der Waals surface area contributed by atoms with E-state index in [2.05, 4.69) is 15.2 Å². The van der Waals surface area contributed by atoms with Crippen LogP contribution in [-0.2, 0) is 4.74 Å². The Bertz CT molecular complexity index is 716. The number of anilines is 2. The Morgan fingerprint density at radius 2 is 2.12 bits per heavy atom. The number of amides is 1. The van der Waals surface area contributed by atoms with Crippen LogP contribution in [0.4, 0.5) is 11.5 Å². The van der Waals surface area contributed by atoms with Gasteiger partial charge in [-0.2, -0.15) is 0 Å². The average molecular weight is 355 g/mol. The van der Waals surface area contributed by atoms with Gasteiger partial charge in [-0.05, 0) is 44.0 Å². The number of rotatable bonds is 6. The Hall–Kier alpha value is -2.44. The fraction of sp³-hybridized carbons (Fsp3) is 0.400. The second-order valence-electron chi connectivity index (χ2n) is 6.53. The number of aliphatic hydroxyl groups is 1. The molecule has 1 unspecified atom stereocenters. The van der Waals surface area contributed by atoms with E-state index in [4.69, 9.17) is 9.84 Å². The monoisotopic (exact) mass is 355 g/mol. The van der Waals surface area contributed by atoms with E-state index in [1.165, 1.54) is 0 Å². The van der Waals surface area contributed by atoms with Crippen molar-refractivity contribution in [1.82, 2.24) is 4.98 Å². The van der Waals surface area contributed by atoms with E-state index in [9.17, 15) is 4.79 Å². The zero-order chi connectivity index (χ0) is 18.4. The van der Waals surface area contributed by atoms with Crippen LogP contribution in [0, 0.1) is 6.92 Å². The van der Waals surface area contributed by atoms with E-state index >= 15 is 0 Å². The zero-order valence-electron chi connectivity index (χ0n) is 15.0. The van der Waals surface area contributed by atoms with Crippen LogP contribution in [0.5, 0.6) is 0 Å². The minimum Gasteiger partial charge on any atom is -0.394 e. The standard InChI is InChI=1S/C20H25N3O3/c1-15-4-7-17(8-5-15)22-20(25)16-6-9-19(21-13-16)23-10-2-3-18(14-23)26-12-11-24/h4-9,13,18,24H,2-3,10-12,14H2,1H3,(H,22,25). The summed E-state index contributed by atoms with van der Waals surface area (Å²) in [7, 11) is 0. The molecule has 2 N–H and O–H groups in total. The van der Waals surface area contributed by atoms with E-state index in [0.29, 0.717) is 12.2 Å². The van der Waals surface area contributed by atoms with E-state index < -0.39 is 0 Å². The van der Waals surface area contributed by atoms with E-state index in [1.54, 1.807) is 12.3 Å². The van der Waals surface area contributed by atoms with Crippen molar-refractivity contribution in [3.8, 4) is 0 Å². The number of hydrogen-bond donors (Lipinski definition) is 2. The maximum atomic E-state index is 12.3. The van der Waals surface area contributed by atoms with Gasteiger partial charge in [0, 0.05) is 25.0 Å². The number of nitrogens with one attached hydrogen (secondary N) is 1. The minimum atomic E-state index is -0.171. The summed E-state index contributed by atoms with van der Waals surface area (Å²) < 4.78 is 5.64. The van der Waals surface area contributed by atoms with Crippen molar-refractivity contribution < 1.29 is 14.6 Å². The molecule has 1 saturated heterocycles. The lowest BCUT2D eigenvalue weighted by molar-refractivity contribution is 0.0213. The molecule has 2 aromatic rings. The Kier molecular flexibility index (Phi) is 6.20. The molecule has 0 bridgehead atoms. The van der Waals surface area contributed by atoms with Gasteiger partial charge in [0.05, 0.1) is 24.9 Å². The van der Waals surface area contributed by atoms with Crippen molar-refractivity contribution in [2.45, 2.75) is 25.9 Å². The first kappa shape index (κ1) is 18.4. The van der Waals surface area contributed by atoms with Gasteiger partial charge in [0.2, 0.25) is 0 Å². The number of aliphatic hydroxyl groups excluding tert-OH is 1. The van der Waals surface area contributed by atoms with Crippen LogP contribution >= 0.6 is 0 Å². The molecule has 1 aliphatic heterocycles. The second-order valence-corrected chi connectivity index (χ2v) is 6.53. The van der Waals surface area contributed by atoms with E-state index in [0.717, 1.165) is 43.0 Å². The topological polar surface area (TPSA) is 74.7 Å². The van der Waals surface area contributed by atoms with Gasteiger partial charge in [-0.1, -0.05) is 17.7 Å². The Labute approximate surface area is 153 Å². The number of benzene rings is 1. The molecular weight excluding hydrogens is 330 g/mol. The lowest BCUT2D eigenvalue weighted by Crippen LogP contribution is -2.40. The lowest BCUT2D eigenvalue weighted by Gasteiger charge is -2.33. The number of pyridine rings is 1. The fourth-order valence-electron chi connectivity index (χ4n) is 3.05. The van der Waals surface area contributed by atoms with Crippen LogP contribution < -0.4 is 10.2 Å². The minimum absolute atomic E-state index is 0.0412. The molecule has 1 fully saturated rings. The third kappa shape index (κ3) is 4.80. The molecule has 26 heavy (non-hydrogen) atoms. The number of nitrogens with zero attached hydrogens (tertiary/aromatic N) is 2. The Balaban J connectivity index is 1.60. The van der Waals surface area contributed by atoms with Gasteiger partial charge in [-0.15, -0.1) is 0 Å². The molecule has 3 rings (SSSR count). The molecular formula is C20H25N3O3. The molecule has 0 radical (unpaired) electrons. The second kappa shape index (κ2) is 8.78. The van der Waals surface area contributed by atoms with Crippen LogP contribution in [0.15, 0.2) is 42.6 Å². The highest BCUT2D eigenvalue weighted by atomic mass is 16.5. The lowest BCUT2D eigenvalue weighted by atomic mass is 10.1. The quantitative estimate of drug-likeness (QED) is 0.833. The SMILES string of the molecule is Cc1ccc(NC(=O)c2ccc(N3CCCC(OCCO)C3)nc2)cc1. The van der Waals surface area contributed by atoms with E-state index in [-0.39, 0.29) is 18.6 Å². The molecule has 0 spiro atoms. The highest BCUT2D eigenvalue weighted by Crippen LogP contribution is 2.20. The van der Waals surface area contributed by atoms with Gasteiger partial charge in [-0.3, -0.25) is 4.79 Å². The third-order valence-electron chi connectivity index (χ3n) is 4.47. The summed E-state index contributed by atoms with van der Waals surface area (Å²) >= 11 is 0. The van der Waals surface area contributed by atoms with Crippen molar-refractivity contribution in [3.63, 3.8) is 0 Å². The van der Waals surface area contributed by atoms with Crippen LogP contribution in [0.2, 0.25) is 0 Å². The molecule has 0 aliphatic carbocycles. The maximum Gasteiger partial charge on any atom is 0.257 e. The van der Waals surface area contributed by atoms with Gasteiger partial charge in [-0.25, -0.2) is 4.98 Å². The van der Waals surface area contributed by atoms with Crippen molar-refractivity contribution in [3.05, 3.63) is 53.7 Å². The molecule has 1 atom stereocenters. The first-order valence-electron chi connectivity index (χ1n) is 8.97. The van der Waals surface area contributed by atoms with Gasteiger partial charge < -0.3 is 20.1 Å². The molecule has 6 heteroatoms. The molecule has 1 aliphatic rings. The van der Waals surface area contributed by atoms with Gasteiger partial charge >= 0.3 is 0 Å². The van der Waals surface area contributed by atoms with E-state index in [1.807, 2.05) is 37.3 Å². The number of carbonyl (C=O) groups is 1. The van der Waals surface area contributed by atoms with Crippen molar-refractivity contribution >= 4 is 17.4 Å². The van der Waals surface area contributed by atoms with Crippen molar-refractivity contribution in [2.24, 2.45) is 0 Å². The zero-order valence-corrected chi connectivity index (χ0v) is 15.0. The fourth-order valence-corrected chi connectivity index (χ4v) is 3.05. The summed E-state index contributed by atoms with van der Waals surface area (Å²) in [5.74, 6) is 0.671. The summed E-state index contributed by atoms with van der Waals surface area (Å²) in [6, 6.07) is 11.4. The normalized spacial score (nSPS) is 17.2. The summed E-state index contributed by atoms with van der Waals surface area (Å²) in [5.41, 5.74) is 2.45. The van der Waals surface area contributed by atoms with Crippen LogP contribution in [-0.4, -0.2) is 48.4 Å². The van der Waals surface area contributed by atoms with Gasteiger partial charge in [0.15, 0.2) is 0 Å². The smallest absolute Gasteiger partial charge is 0.257 e. The summed E-state index contributed by atoms with van der Waals surface area (Å²) in [6.07, 6.45) is 3.74. The molecule has 2 heterocycles. The highest BCUT2D eigenvalue weighted by molar-refractivity contribution is 6.04. The molecule has 1 amide bonds. The largest absolute Gasteiger partial charge is 0.394 e. The third-order valence-corrected chi connectivity index (χ3v) is 4.47. The summed E-state index contributed by atoms with van der Waals surface area (Å²) in [4.78, 5) is 19.0. The molecule has 0 saturated carbocycles. The van der Waals surface area contributed by atoms with Crippen LogP contribution in [0.1, 0.15) is 28.8 Å². The average Bonchev–Trinajstić information content (AvgIpc) is 2.68. The predicted molar refractivity (Wildman–Crippen MR) is 102 cm³/mol. The number of ether oxygens (including phenoxy) is 1. The number of aromatic nitrogens is 1. The predicted octanol–water partition coefficient (Wildman–Crippen LogP) is 2.62. The number of aryl methyl sites for hydroxylation is 1. The summed E-state index contributed by atoms with van der Waals surface area (Å²) in [6.45, 7) is 4.08. The first-order valence-corrected chi connectivity index (χ1v) is 8.97. The van der Waals surface area contributed by atoms with Crippen LogP contribution in [0.25, 0.3) is 0 Å². The molecule has 138 valence electrons. The molecule has 1 aromatic carbocycles. The summed E-state index contributed by atoms with van der Waals surface area (Å²) in [5, 5.41) is 11.8. The number of hydrogen-bond acceptors (Lipinski definition) is 5. The van der Waals surface area contributed by atoms with Crippen LogP contribution in [0.3, 0.4) is 0 Å². The number of carbonyl (C=O) groups excluding carboxylic acids is 1. The maximum absolute atomic E-state index is 12.3. The molecule has 1 aromatic heterocycles. The Morgan fingerprint density at radius 1 is 1.31 bits per heavy atom. The molecule has 6 nitrogen and oxygen atoms in total. The Morgan fingerprint density at radius 3 is 2.81 bits per heavy atom. The van der Waals surface area contributed by atoms with Gasteiger partial charge in [0.1, 0.15) is 5.82 Å². The highest BCUT2D eigenvalue weighted by Gasteiger charge is 2.21.